The number of hydrogen-bond donors (Lipinski definition) is 5. The van der Waals surface area contributed by atoms with E-state index in [1.165, 1.54) is 23.5 Å². The second-order valence-corrected chi connectivity index (χ2v) is 8.68. The van der Waals surface area contributed by atoms with E-state index in [0.29, 0.717) is 15.0 Å². The van der Waals surface area contributed by atoms with Gasteiger partial charge in [0.15, 0.2) is 17.3 Å². The van der Waals surface area contributed by atoms with Crippen molar-refractivity contribution in [2.24, 2.45) is 0 Å². The predicted octanol–water partition coefficient (Wildman–Crippen LogP) is 3.33. The average molecular weight is 495 g/mol. The molecule has 3 aromatic rings. The number of benzene rings is 2. The number of anilines is 4. The molecule has 33 heavy (non-hydrogen) atoms. The molecule has 2 heterocycles. The van der Waals surface area contributed by atoms with E-state index < -0.39 is 34.5 Å². The van der Waals surface area contributed by atoms with Crippen LogP contribution in [0.1, 0.15) is 15.2 Å². The van der Waals surface area contributed by atoms with Crippen LogP contribution in [0.25, 0.3) is 0 Å². The van der Waals surface area contributed by atoms with Gasteiger partial charge in [-0.1, -0.05) is 11.6 Å². The molecule has 0 saturated carbocycles. The first-order valence-corrected chi connectivity index (χ1v) is 10.7. The third-order valence-electron chi connectivity index (χ3n) is 4.74. The topological polar surface area (TPSA) is 113 Å². The Balaban J connectivity index is 1.53. The van der Waals surface area contributed by atoms with Crippen molar-refractivity contribution in [3.8, 4) is 0 Å². The Kier molecular flexibility index (Phi) is 6.33. The van der Waals surface area contributed by atoms with Crippen molar-refractivity contribution in [1.82, 2.24) is 5.32 Å². The number of thiophene rings is 1. The molecular formula is C20H17ClF2N6O3S. The highest BCUT2D eigenvalue weighted by atomic mass is 35.5. The zero-order chi connectivity index (χ0) is 23.7. The van der Waals surface area contributed by atoms with Crippen molar-refractivity contribution >= 4 is 57.6 Å². The van der Waals surface area contributed by atoms with Crippen LogP contribution in [-0.4, -0.2) is 19.0 Å². The minimum atomic E-state index is -1.20. The summed E-state index contributed by atoms with van der Waals surface area (Å²) in [5.41, 5.74) is 2.34. The number of rotatable bonds is 5. The van der Waals surface area contributed by atoms with Crippen LogP contribution in [0, 0.1) is 16.8 Å². The van der Waals surface area contributed by atoms with Gasteiger partial charge in [-0.25, -0.2) is 19.0 Å². The molecule has 1 aliphatic rings. The second kappa shape index (κ2) is 9.19. The van der Waals surface area contributed by atoms with E-state index >= 15 is 0 Å². The number of quaternary nitrogens is 1. The smallest absolute Gasteiger partial charge is 0.319 e. The number of amides is 3. The largest absolute Gasteiger partial charge is 0.582 e. The molecule has 0 bridgehead atoms. The predicted molar refractivity (Wildman–Crippen MR) is 122 cm³/mol. The molecule has 0 aliphatic carbocycles. The molecule has 5 N–H and O–H groups in total. The average Bonchev–Trinajstić information content (AvgIpc) is 3.18. The van der Waals surface area contributed by atoms with E-state index in [2.05, 4.69) is 21.4 Å². The molecular weight excluding hydrogens is 478 g/mol. The Bertz CT molecular complexity index is 1220. The molecule has 0 saturated heterocycles. The summed E-state index contributed by atoms with van der Waals surface area (Å²) in [6.07, 6.45) is 0. The monoisotopic (exact) mass is 494 g/mol. The molecule has 13 heteroatoms. The lowest BCUT2D eigenvalue weighted by Crippen LogP contribution is -3.19. The Morgan fingerprint density at radius 3 is 2.55 bits per heavy atom. The highest BCUT2D eigenvalue weighted by Crippen LogP contribution is 2.30. The summed E-state index contributed by atoms with van der Waals surface area (Å²) in [6, 6.07) is 8.92. The summed E-state index contributed by atoms with van der Waals surface area (Å²) in [6.45, 7) is 0.170. The summed E-state index contributed by atoms with van der Waals surface area (Å²) in [7, 11) is 1.67. The number of carbonyl (C=O) groups excluding carboxylic acids is 2. The van der Waals surface area contributed by atoms with Crippen molar-refractivity contribution in [3.63, 3.8) is 0 Å². The van der Waals surface area contributed by atoms with Crippen LogP contribution in [0.2, 0.25) is 4.34 Å². The van der Waals surface area contributed by atoms with Crippen molar-refractivity contribution in [1.29, 1.82) is 0 Å². The fourth-order valence-electron chi connectivity index (χ4n) is 3.22. The number of nitrogens with one attached hydrogen (secondary N) is 5. The molecule has 172 valence electrons. The molecule has 1 aromatic heterocycles. The van der Waals surface area contributed by atoms with Gasteiger partial charge in [0.2, 0.25) is 0 Å². The maximum absolute atomic E-state index is 14.8. The Hall–Kier alpha value is -3.45. The fraction of sp³-hybridized carbons (Fsp3) is 0.100. The highest BCUT2D eigenvalue weighted by Gasteiger charge is 2.36. The number of urea groups is 1. The standard InChI is InChI=1S/C20H17ClF2N6O3S/c1-24-10-2-4-13-16(8-10)27-29(32)28(19(13)30)18-14(22)6-11(7-15(18)23)26-20(31)25-9-12-3-5-17(21)33-12/h2-8,24,27,29H,9H2,1H3,(H2,25,26,31). The van der Waals surface area contributed by atoms with Crippen LogP contribution in [0.5, 0.6) is 0 Å². The van der Waals surface area contributed by atoms with Gasteiger partial charge >= 0.3 is 11.9 Å². The zero-order valence-corrected chi connectivity index (χ0v) is 18.5. The molecule has 0 spiro atoms. The van der Waals surface area contributed by atoms with Gasteiger partial charge in [0, 0.05) is 35.4 Å². The maximum Gasteiger partial charge on any atom is 0.319 e. The minimum absolute atomic E-state index is 0.0719. The van der Waals surface area contributed by atoms with E-state index in [9.17, 15) is 23.6 Å². The third kappa shape index (κ3) is 4.68. The molecule has 1 atom stereocenters. The van der Waals surface area contributed by atoms with E-state index in [4.69, 9.17) is 11.6 Å². The Labute approximate surface area is 195 Å². The van der Waals surface area contributed by atoms with Gasteiger partial charge < -0.3 is 21.2 Å². The van der Waals surface area contributed by atoms with E-state index in [1.54, 1.807) is 25.2 Å². The van der Waals surface area contributed by atoms with E-state index in [-0.39, 0.29) is 23.5 Å². The summed E-state index contributed by atoms with van der Waals surface area (Å²) < 4.78 is 30.2. The first-order valence-electron chi connectivity index (χ1n) is 9.52. The number of fused-ring (bicyclic) bond motifs is 1. The van der Waals surface area contributed by atoms with E-state index in [1.807, 2.05) is 0 Å². The number of carbonyl (C=O) groups is 2. The Morgan fingerprint density at radius 1 is 1.18 bits per heavy atom. The SMILES string of the molecule is CNc1ccc2c(c1)N[NH+]([O-])N(c1c(F)cc(NC(=O)NCc3ccc(Cl)s3)cc1F)C2=O. The lowest BCUT2D eigenvalue weighted by Gasteiger charge is -2.37. The van der Waals surface area contributed by atoms with E-state index in [0.717, 1.165) is 17.0 Å². The first-order chi connectivity index (χ1) is 15.8. The molecule has 9 nitrogen and oxygen atoms in total. The minimum Gasteiger partial charge on any atom is -0.582 e. The molecule has 4 rings (SSSR count). The second-order valence-electron chi connectivity index (χ2n) is 6.88. The summed E-state index contributed by atoms with van der Waals surface area (Å²) in [5, 5.41) is 19.6. The van der Waals surface area contributed by atoms with Crippen molar-refractivity contribution in [2.75, 3.05) is 28.1 Å². The van der Waals surface area contributed by atoms with Crippen molar-refractivity contribution < 1.29 is 23.7 Å². The first kappa shape index (κ1) is 22.7. The molecule has 2 aromatic carbocycles. The number of hydrogen-bond acceptors (Lipinski definition) is 6. The maximum atomic E-state index is 14.8. The summed E-state index contributed by atoms with van der Waals surface area (Å²) >= 11 is 7.11. The fourth-order valence-corrected chi connectivity index (χ4v) is 4.24. The van der Waals surface area contributed by atoms with Crippen LogP contribution in [-0.2, 0) is 6.54 Å². The van der Waals surface area contributed by atoms with Gasteiger partial charge in [-0.05, 0) is 30.3 Å². The molecule has 0 radical (unpaired) electrons. The van der Waals surface area contributed by atoms with Gasteiger partial charge in [-0.15, -0.1) is 16.3 Å². The lowest BCUT2D eigenvalue weighted by atomic mass is 10.1. The van der Waals surface area contributed by atoms with Gasteiger partial charge in [0.25, 0.3) is 0 Å². The Morgan fingerprint density at radius 2 is 1.91 bits per heavy atom. The van der Waals surface area contributed by atoms with Crippen LogP contribution in [0.3, 0.4) is 0 Å². The molecule has 1 unspecified atom stereocenters. The normalized spacial score (nSPS) is 15.0. The highest BCUT2D eigenvalue weighted by molar-refractivity contribution is 7.16. The quantitative estimate of drug-likeness (QED) is 0.349. The van der Waals surface area contributed by atoms with Crippen LogP contribution < -0.4 is 31.7 Å². The van der Waals surface area contributed by atoms with Crippen molar-refractivity contribution in [2.45, 2.75) is 6.54 Å². The molecule has 1 aliphatic heterocycles. The van der Waals surface area contributed by atoms with Crippen LogP contribution in [0.15, 0.2) is 42.5 Å². The van der Waals surface area contributed by atoms with Crippen LogP contribution in [0.4, 0.5) is 36.3 Å². The lowest BCUT2D eigenvalue weighted by molar-refractivity contribution is -0.826. The summed E-state index contributed by atoms with van der Waals surface area (Å²) in [4.78, 5) is 25.7. The molecule has 3 amide bonds. The van der Waals surface area contributed by atoms with Gasteiger partial charge in [-0.3, -0.25) is 4.79 Å². The van der Waals surface area contributed by atoms with Gasteiger partial charge in [0.05, 0.1) is 16.4 Å². The summed E-state index contributed by atoms with van der Waals surface area (Å²) in [5.74, 6) is -3.29. The van der Waals surface area contributed by atoms with Gasteiger partial charge in [0.1, 0.15) is 5.69 Å². The molecule has 0 fully saturated rings. The van der Waals surface area contributed by atoms with Gasteiger partial charge in [-0.2, -0.15) is 5.28 Å². The zero-order valence-electron chi connectivity index (χ0n) is 17.0. The number of nitrogens with zero attached hydrogens (tertiary/aromatic N) is 1. The third-order valence-corrected chi connectivity index (χ3v) is 5.97. The van der Waals surface area contributed by atoms with Crippen molar-refractivity contribution in [3.05, 3.63) is 74.1 Å². The number of halogens is 3. The van der Waals surface area contributed by atoms with Crippen LogP contribution >= 0.6 is 22.9 Å².